The number of benzene rings is 2. The normalized spacial score (nSPS) is 10.9. The van der Waals surface area contributed by atoms with E-state index in [1.807, 2.05) is 0 Å². The lowest BCUT2D eigenvalue weighted by Gasteiger charge is -2.07. The molecular weight excluding hydrogens is 403 g/mol. The Kier molecular flexibility index (Phi) is 5.08. The molecule has 0 aliphatic heterocycles. The van der Waals surface area contributed by atoms with E-state index in [-0.39, 0.29) is 34.8 Å². The van der Waals surface area contributed by atoms with E-state index in [0.717, 1.165) is 0 Å². The second kappa shape index (κ2) is 7.86. The predicted molar refractivity (Wildman–Crippen MR) is 111 cm³/mol. The maximum absolute atomic E-state index is 13.1. The summed E-state index contributed by atoms with van der Waals surface area (Å²) in [4.78, 5) is 41.3. The fraction of sp³-hybridized carbons (Fsp3) is 0.0909. The number of aryl methyl sites for hydroxylation is 1. The molecule has 0 aliphatic carbocycles. The highest BCUT2D eigenvalue weighted by atomic mass is 19.1. The number of rotatable bonds is 5. The van der Waals surface area contributed by atoms with E-state index in [9.17, 15) is 18.8 Å². The first-order valence-corrected chi connectivity index (χ1v) is 9.27. The third-order valence-electron chi connectivity index (χ3n) is 4.78. The van der Waals surface area contributed by atoms with E-state index in [1.165, 1.54) is 47.3 Å². The van der Waals surface area contributed by atoms with Gasteiger partial charge in [-0.3, -0.25) is 19.0 Å². The first-order valence-electron chi connectivity index (χ1n) is 9.27. The summed E-state index contributed by atoms with van der Waals surface area (Å²) in [6, 6.07) is 11.8. The molecule has 2 aromatic carbocycles. The number of halogens is 1. The summed E-state index contributed by atoms with van der Waals surface area (Å²) in [7, 11) is 0. The van der Waals surface area contributed by atoms with E-state index in [4.69, 9.17) is 10.2 Å². The molecule has 0 spiro atoms. The van der Waals surface area contributed by atoms with Crippen LogP contribution in [0, 0.1) is 12.7 Å². The van der Waals surface area contributed by atoms with Gasteiger partial charge in [0.1, 0.15) is 23.3 Å². The largest absolute Gasteiger partial charge is 0.442 e. The Morgan fingerprint density at radius 1 is 1.13 bits per heavy atom. The van der Waals surface area contributed by atoms with Gasteiger partial charge in [-0.2, -0.15) is 0 Å². The van der Waals surface area contributed by atoms with Crippen LogP contribution in [0.1, 0.15) is 32.0 Å². The first kappa shape index (κ1) is 20.0. The number of furan rings is 1. The lowest BCUT2D eigenvalue weighted by Crippen LogP contribution is -2.23. The molecular formula is C22H17FN4O4. The molecule has 8 nitrogen and oxygen atoms in total. The molecule has 31 heavy (non-hydrogen) atoms. The van der Waals surface area contributed by atoms with Crippen LogP contribution in [0.4, 0.5) is 10.1 Å². The minimum absolute atomic E-state index is 0.0482. The van der Waals surface area contributed by atoms with Gasteiger partial charge >= 0.3 is 0 Å². The Labute approximate surface area is 175 Å². The number of aromatic nitrogens is 2. The summed E-state index contributed by atoms with van der Waals surface area (Å²) in [6.45, 7) is 1.72. The topological polar surface area (TPSA) is 120 Å². The molecule has 0 saturated carbocycles. The third-order valence-corrected chi connectivity index (χ3v) is 4.78. The zero-order chi connectivity index (χ0) is 22.1. The quantitative estimate of drug-likeness (QED) is 0.514. The van der Waals surface area contributed by atoms with Gasteiger partial charge in [0.05, 0.1) is 12.1 Å². The van der Waals surface area contributed by atoms with Crippen LogP contribution < -0.4 is 16.6 Å². The van der Waals surface area contributed by atoms with Crippen molar-refractivity contribution in [3.63, 3.8) is 0 Å². The standard InChI is InChI=1S/C22H17FN4O4/c1-12-17(20(29)26-16-8-4-14(5-9-16)19(24)28)18-21(31-12)25-11-27(22(18)30)10-13-2-6-15(23)7-3-13/h2-9,11H,10H2,1H3,(H2,24,28)(H,26,29). The number of nitrogens with zero attached hydrogens (tertiary/aromatic N) is 2. The first-order chi connectivity index (χ1) is 14.8. The smallest absolute Gasteiger partial charge is 0.265 e. The molecule has 0 fully saturated rings. The van der Waals surface area contributed by atoms with E-state index in [2.05, 4.69) is 10.3 Å². The van der Waals surface area contributed by atoms with Gasteiger partial charge in [-0.15, -0.1) is 0 Å². The molecule has 2 aromatic heterocycles. The second-order valence-corrected chi connectivity index (χ2v) is 6.91. The highest BCUT2D eigenvalue weighted by molar-refractivity contribution is 6.12. The predicted octanol–water partition coefficient (Wildman–Crippen LogP) is 2.84. The number of carbonyl (C=O) groups excluding carboxylic acids is 2. The molecule has 4 rings (SSSR count). The Morgan fingerprint density at radius 2 is 1.81 bits per heavy atom. The number of anilines is 1. The van der Waals surface area contributed by atoms with Crippen LogP contribution in [0.3, 0.4) is 0 Å². The molecule has 0 unspecified atom stereocenters. The van der Waals surface area contributed by atoms with Crippen LogP contribution in [0.2, 0.25) is 0 Å². The van der Waals surface area contributed by atoms with Crippen molar-refractivity contribution in [2.45, 2.75) is 13.5 Å². The minimum Gasteiger partial charge on any atom is -0.442 e. The van der Waals surface area contributed by atoms with E-state index >= 15 is 0 Å². The molecule has 3 N–H and O–H groups in total. The number of carbonyl (C=O) groups is 2. The molecule has 2 heterocycles. The van der Waals surface area contributed by atoms with Gasteiger partial charge in [0.15, 0.2) is 0 Å². The second-order valence-electron chi connectivity index (χ2n) is 6.91. The zero-order valence-electron chi connectivity index (χ0n) is 16.4. The van der Waals surface area contributed by atoms with Gasteiger partial charge in [-0.1, -0.05) is 12.1 Å². The summed E-state index contributed by atoms with van der Waals surface area (Å²) < 4.78 is 20.0. The van der Waals surface area contributed by atoms with Crippen LogP contribution in [0.15, 0.2) is 64.1 Å². The number of hydrogen-bond donors (Lipinski definition) is 2. The number of nitrogens with two attached hydrogens (primary N) is 1. The fourth-order valence-electron chi connectivity index (χ4n) is 3.22. The number of hydrogen-bond acceptors (Lipinski definition) is 5. The van der Waals surface area contributed by atoms with E-state index in [0.29, 0.717) is 16.8 Å². The van der Waals surface area contributed by atoms with Gasteiger partial charge in [0.25, 0.3) is 11.5 Å². The lowest BCUT2D eigenvalue weighted by molar-refractivity contribution is 0.0998. The molecule has 0 aliphatic rings. The summed E-state index contributed by atoms with van der Waals surface area (Å²) in [5, 5.41) is 2.73. The summed E-state index contributed by atoms with van der Waals surface area (Å²) in [6.07, 6.45) is 1.32. The number of primary amides is 1. The van der Waals surface area contributed by atoms with Crippen LogP contribution in [0.25, 0.3) is 11.1 Å². The van der Waals surface area contributed by atoms with Crippen molar-refractivity contribution in [2.75, 3.05) is 5.32 Å². The summed E-state index contributed by atoms with van der Waals surface area (Å²) in [5.41, 5.74) is 6.29. The average molecular weight is 420 g/mol. The van der Waals surface area contributed by atoms with Crippen LogP contribution >= 0.6 is 0 Å². The van der Waals surface area contributed by atoms with Crippen molar-refractivity contribution in [3.8, 4) is 0 Å². The monoisotopic (exact) mass is 420 g/mol. The van der Waals surface area contributed by atoms with Crippen molar-refractivity contribution in [1.82, 2.24) is 9.55 Å². The SMILES string of the molecule is Cc1oc2ncn(Cc3ccc(F)cc3)c(=O)c2c1C(=O)Nc1ccc(C(N)=O)cc1. The molecule has 0 saturated heterocycles. The Bertz CT molecular complexity index is 1360. The minimum atomic E-state index is -0.581. The molecule has 4 aromatic rings. The number of fused-ring (bicyclic) bond motifs is 1. The van der Waals surface area contributed by atoms with Gasteiger partial charge < -0.3 is 15.5 Å². The number of nitrogens with one attached hydrogen (secondary N) is 1. The van der Waals surface area contributed by atoms with Crippen molar-refractivity contribution in [3.05, 3.63) is 93.5 Å². The van der Waals surface area contributed by atoms with Gasteiger partial charge in [-0.25, -0.2) is 9.37 Å². The molecule has 0 atom stereocenters. The Hall–Kier alpha value is -4.27. The highest BCUT2D eigenvalue weighted by Crippen LogP contribution is 2.22. The van der Waals surface area contributed by atoms with Gasteiger partial charge in [0, 0.05) is 11.3 Å². The molecule has 0 bridgehead atoms. The van der Waals surface area contributed by atoms with Crippen molar-refractivity contribution >= 4 is 28.6 Å². The Morgan fingerprint density at radius 3 is 2.45 bits per heavy atom. The van der Waals surface area contributed by atoms with Gasteiger partial charge in [0.2, 0.25) is 11.6 Å². The zero-order valence-corrected chi connectivity index (χ0v) is 16.4. The average Bonchev–Trinajstić information content (AvgIpc) is 3.09. The molecule has 9 heteroatoms. The van der Waals surface area contributed by atoms with Crippen molar-refractivity contribution in [2.24, 2.45) is 5.73 Å². The molecule has 2 amide bonds. The van der Waals surface area contributed by atoms with E-state index < -0.39 is 17.4 Å². The maximum atomic E-state index is 13.1. The van der Waals surface area contributed by atoms with Crippen molar-refractivity contribution < 1.29 is 18.4 Å². The van der Waals surface area contributed by atoms with Crippen molar-refractivity contribution in [1.29, 1.82) is 0 Å². The summed E-state index contributed by atoms with van der Waals surface area (Å²) >= 11 is 0. The molecule has 156 valence electrons. The maximum Gasteiger partial charge on any atom is 0.265 e. The highest BCUT2D eigenvalue weighted by Gasteiger charge is 2.23. The lowest BCUT2D eigenvalue weighted by atomic mass is 10.1. The van der Waals surface area contributed by atoms with Crippen LogP contribution in [0.5, 0.6) is 0 Å². The Balaban J connectivity index is 1.69. The third kappa shape index (κ3) is 3.93. The fourth-order valence-corrected chi connectivity index (χ4v) is 3.22. The van der Waals surface area contributed by atoms with Crippen LogP contribution in [-0.4, -0.2) is 21.4 Å². The van der Waals surface area contributed by atoms with Crippen LogP contribution in [-0.2, 0) is 6.54 Å². The number of amides is 2. The molecule has 0 radical (unpaired) electrons. The summed E-state index contributed by atoms with van der Waals surface area (Å²) in [5.74, 6) is -1.27. The van der Waals surface area contributed by atoms with Gasteiger partial charge in [-0.05, 0) is 48.9 Å². The van der Waals surface area contributed by atoms with E-state index in [1.54, 1.807) is 19.1 Å².